The zero-order valence-electron chi connectivity index (χ0n) is 10.1. The highest BCUT2D eigenvalue weighted by molar-refractivity contribution is 6.33. The molecule has 0 saturated carbocycles. The fourth-order valence-electron chi connectivity index (χ4n) is 2.09. The maximum Gasteiger partial charge on any atom is 0.0645 e. The van der Waals surface area contributed by atoms with E-state index in [2.05, 4.69) is 12.2 Å². The summed E-state index contributed by atoms with van der Waals surface area (Å²) in [6.07, 6.45) is 2.27. The quantitative estimate of drug-likeness (QED) is 0.815. The number of benzene rings is 1. The van der Waals surface area contributed by atoms with E-state index in [0.29, 0.717) is 10.7 Å². The van der Waals surface area contributed by atoms with Gasteiger partial charge in [0.05, 0.1) is 17.3 Å². The Morgan fingerprint density at radius 3 is 3.00 bits per heavy atom. The van der Waals surface area contributed by atoms with Crippen molar-refractivity contribution in [3.63, 3.8) is 0 Å². The third-order valence-corrected chi connectivity index (χ3v) is 3.56. The molecule has 1 saturated heterocycles. The molecule has 0 aliphatic carbocycles. The van der Waals surface area contributed by atoms with Crippen molar-refractivity contribution in [1.29, 1.82) is 0 Å². The zero-order chi connectivity index (χ0) is 12.3. The number of nitrogen functional groups attached to an aromatic ring is 1. The topological polar surface area (TPSA) is 47.3 Å². The van der Waals surface area contributed by atoms with Gasteiger partial charge >= 0.3 is 0 Å². The van der Waals surface area contributed by atoms with Gasteiger partial charge in [-0.25, -0.2) is 0 Å². The van der Waals surface area contributed by atoms with Crippen LogP contribution in [0.3, 0.4) is 0 Å². The molecule has 0 bridgehead atoms. The minimum Gasteiger partial charge on any atom is -0.398 e. The Labute approximate surface area is 107 Å². The molecular weight excluding hydrogens is 236 g/mol. The first kappa shape index (κ1) is 12.7. The second kappa shape index (κ2) is 5.25. The van der Waals surface area contributed by atoms with Crippen LogP contribution in [-0.2, 0) is 11.3 Å². The standard InChI is InChI=1S/C13H19ClN2O/c1-13(5-2-6-17-9-13)16-8-10-3-4-11(14)12(15)7-10/h3-4,7,16H,2,5-6,8-9,15H2,1H3. The highest BCUT2D eigenvalue weighted by Crippen LogP contribution is 2.22. The van der Waals surface area contributed by atoms with Crippen LogP contribution in [0.2, 0.25) is 5.02 Å². The SMILES string of the molecule is CC1(NCc2ccc(Cl)c(N)c2)CCCOC1. The molecule has 1 aliphatic rings. The summed E-state index contributed by atoms with van der Waals surface area (Å²) in [6, 6.07) is 5.76. The predicted molar refractivity (Wildman–Crippen MR) is 71.2 cm³/mol. The van der Waals surface area contributed by atoms with E-state index in [0.717, 1.165) is 38.2 Å². The first-order valence-corrected chi connectivity index (χ1v) is 6.34. The summed E-state index contributed by atoms with van der Waals surface area (Å²) in [5.41, 5.74) is 7.64. The average molecular weight is 255 g/mol. The molecule has 1 aromatic carbocycles. The first-order valence-electron chi connectivity index (χ1n) is 5.96. The number of rotatable bonds is 3. The largest absolute Gasteiger partial charge is 0.398 e. The highest BCUT2D eigenvalue weighted by atomic mass is 35.5. The van der Waals surface area contributed by atoms with Crippen molar-refractivity contribution in [1.82, 2.24) is 5.32 Å². The fourth-order valence-corrected chi connectivity index (χ4v) is 2.21. The zero-order valence-corrected chi connectivity index (χ0v) is 10.9. The van der Waals surface area contributed by atoms with E-state index in [4.69, 9.17) is 22.1 Å². The molecule has 1 atom stereocenters. The number of ether oxygens (including phenoxy) is 1. The fraction of sp³-hybridized carbons (Fsp3) is 0.538. The molecule has 1 fully saturated rings. The molecule has 1 unspecified atom stereocenters. The van der Waals surface area contributed by atoms with Gasteiger partial charge in [-0.3, -0.25) is 0 Å². The van der Waals surface area contributed by atoms with Gasteiger partial charge in [-0.1, -0.05) is 17.7 Å². The molecule has 1 heterocycles. The van der Waals surface area contributed by atoms with Crippen LogP contribution in [-0.4, -0.2) is 18.8 Å². The maximum atomic E-state index is 5.89. The Hall–Kier alpha value is -0.770. The van der Waals surface area contributed by atoms with Crippen LogP contribution in [0, 0.1) is 0 Å². The van der Waals surface area contributed by atoms with Crippen molar-refractivity contribution in [2.45, 2.75) is 31.8 Å². The number of hydrogen-bond donors (Lipinski definition) is 2. The number of nitrogens with one attached hydrogen (secondary N) is 1. The Kier molecular flexibility index (Phi) is 3.92. The van der Waals surface area contributed by atoms with Gasteiger partial charge in [0.15, 0.2) is 0 Å². The van der Waals surface area contributed by atoms with E-state index in [1.807, 2.05) is 18.2 Å². The van der Waals surface area contributed by atoms with Crippen LogP contribution in [0.15, 0.2) is 18.2 Å². The molecule has 0 radical (unpaired) electrons. The Morgan fingerprint density at radius 1 is 1.53 bits per heavy atom. The van der Waals surface area contributed by atoms with E-state index in [1.165, 1.54) is 0 Å². The molecule has 0 aromatic heterocycles. The van der Waals surface area contributed by atoms with E-state index >= 15 is 0 Å². The second-order valence-electron chi connectivity index (χ2n) is 4.93. The lowest BCUT2D eigenvalue weighted by Gasteiger charge is -2.34. The molecule has 3 N–H and O–H groups in total. The van der Waals surface area contributed by atoms with Crippen molar-refractivity contribution >= 4 is 17.3 Å². The Morgan fingerprint density at radius 2 is 2.35 bits per heavy atom. The van der Waals surface area contributed by atoms with Gasteiger partial charge in [0.1, 0.15) is 0 Å². The molecule has 1 aliphatic heterocycles. The smallest absolute Gasteiger partial charge is 0.0645 e. The van der Waals surface area contributed by atoms with Crippen LogP contribution in [0.5, 0.6) is 0 Å². The van der Waals surface area contributed by atoms with Gasteiger partial charge in [-0.2, -0.15) is 0 Å². The van der Waals surface area contributed by atoms with E-state index in [-0.39, 0.29) is 5.54 Å². The van der Waals surface area contributed by atoms with Gasteiger partial charge in [0.25, 0.3) is 0 Å². The number of nitrogens with two attached hydrogens (primary N) is 1. The van der Waals surface area contributed by atoms with Gasteiger partial charge in [-0.15, -0.1) is 0 Å². The minimum absolute atomic E-state index is 0.0760. The lowest BCUT2D eigenvalue weighted by molar-refractivity contribution is 0.0278. The first-order chi connectivity index (χ1) is 8.09. The second-order valence-corrected chi connectivity index (χ2v) is 5.33. The van der Waals surface area contributed by atoms with Gasteiger partial charge in [0, 0.05) is 18.7 Å². The normalized spacial score (nSPS) is 24.8. The van der Waals surface area contributed by atoms with Crippen molar-refractivity contribution in [3.05, 3.63) is 28.8 Å². The molecular formula is C13H19ClN2O. The van der Waals surface area contributed by atoms with Crippen molar-refractivity contribution < 1.29 is 4.74 Å². The lowest BCUT2D eigenvalue weighted by atomic mass is 9.94. The van der Waals surface area contributed by atoms with Crippen molar-refractivity contribution in [3.8, 4) is 0 Å². The Balaban J connectivity index is 1.94. The summed E-state index contributed by atoms with van der Waals surface area (Å²) in [7, 11) is 0. The van der Waals surface area contributed by atoms with Crippen molar-refractivity contribution in [2.75, 3.05) is 18.9 Å². The summed E-state index contributed by atoms with van der Waals surface area (Å²) in [5, 5.41) is 4.15. The monoisotopic (exact) mass is 254 g/mol. The molecule has 94 valence electrons. The lowest BCUT2D eigenvalue weighted by Crippen LogP contribution is -2.48. The molecule has 0 spiro atoms. The van der Waals surface area contributed by atoms with Crippen molar-refractivity contribution in [2.24, 2.45) is 0 Å². The van der Waals surface area contributed by atoms with Crippen LogP contribution in [0.4, 0.5) is 5.69 Å². The maximum absolute atomic E-state index is 5.89. The summed E-state index contributed by atoms with van der Waals surface area (Å²) in [5.74, 6) is 0. The third-order valence-electron chi connectivity index (χ3n) is 3.22. The minimum atomic E-state index is 0.0760. The van der Waals surface area contributed by atoms with E-state index in [9.17, 15) is 0 Å². The average Bonchev–Trinajstić information content (AvgIpc) is 2.32. The van der Waals surface area contributed by atoms with Gasteiger partial charge in [-0.05, 0) is 37.5 Å². The summed E-state index contributed by atoms with van der Waals surface area (Å²) in [6.45, 7) is 4.65. The van der Waals surface area contributed by atoms with Crippen LogP contribution < -0.4 is 11.1 Å². The molecule has 2 rings (SSSR count). The molecule has 3 nitrogen and oxygen atoms in total. The van der Waals surface area contributed by atoms with Gasteiger partial charge in [0.2, 0.25) is 0 Å². The van der Waals surface area contributed by atoms with Crippen LogP contribution >= 0.6 is 11.6 Å². The number of halogens is 1. The Bertz CT molecular complexity index is 389. The molecule has 17 heavy (non-hydrogen) atoms. The summed E-state index contributed by atoms with van der Waals surface area (Å²) >= 11 is 5.89. The summed E-state index contributed by atoms with van der Waals surface area (Å²) in [4.78, 5) is 0. The van der Waals surface area contributed by atoms with Crippen LogP contribution in [0.1, 0.15) is 25.3 Å². The third kappa shape index (κ3) is 3.35. The highest BCUT2D eigenvalue weighted by Gasteiger charge is 2.26. The van der Waals surface area contributed by atoms with Gasteiger partial charge < -0.3 is 15.8 Å². The number of anilines is 1. The van der Waals surface area contributed by atoms with Crippen LogP contribution in [0.25, 0.3) is 0 Å². The number of hydrogen-bond acceptors (Lipinski definition) is 3. The molecule has 4 heteroatoms. The molecule has 0 amide bonds. The predicted octanol–water partition coefficient (Wildman–Crippen LogP) is 2.58. The van der Waals surface area contributed by atoms with E-state index < -0.39 is 0 Å². The van der Waals surface area contributed by atoms with E-state index in [1.54, 1.807) is 0 Å². The summed E-state index contributed by atoms with van der Waals surface area (Å²) < 4.78 is 5.51. The molecule has 1 aromatic rings.